The van der Waals surface area contributed by atoms with Crippen LogP contribution in [0.3, 0.4) is 0 Å². The van der Waals surface area contributed by atoms with Crippen LogP contribution in [-0.4, -0.2) is 19.0 Å². The summed E-state index contributed by atoms with van der Waals surface area (Å²) < 4.78 is 5.42. The molecule has 3 rings (SSSR count). The zero-order valence-electron chi connectivity index (χ0n) is 13.4. The number of amides is 1. The van der Waals surface area contributed by atoms with Gasteiger partial charge in [0.15, 0.2) is 0 Å². The second kappa shape index (κ2) is 5.87. The third kappa shape index (κ3) is 2.86. The molecule has 0 bridgehead atoms. The van der Waals surface area contributed by atoms with Crippen molar-refractivity contribution < 1.29 is 9.21 Å². The van der Waals surface area contributed by atoms with Gasteiger partial charge in [-0.1, -0.05) is 0 Å². The first-order valence-corrected chi connectivity index (χ1v) is 7.78. The van der Waals surface area contributed by atoms with Gasteiger partial charge in [0.05, 0.1) is 5.56 Å². The summed E-state index contributed by atoms with van der Waals surface area (Å²) in [4.78, 5) is 14.7. The summed E-state index contributed by atoms with van der Waals surface area (Å²) in [6, 6.07) is 7.88. The maximum atomic E-state index is 12.3. The zero-order chi connectivity index (χ0) is 15.7. The molecule has 0 spiro atoms. The van der Waals surface area contributed by atoms with E-state index in [0.717, 1.165) is 24.5 Å². The van der Waals surface area contributed by atoms with Gasteiger partial charge in [-0.2, -0.15) is 0 Å². The van der Waals surface area contributed by atoms with E-state index in [1.807, 2.05) is 26.0 Å². The molecule has 116 valence electrons. The Bertz CT molecular complexity index is 697. The maximum Gasteiger partial charge on any atom is 0.259 e. The Hall–Kier alpha value is -2.23. The molecule has 4 nitrogen and oxygen atoms in total. The van der Waals surface area contributed by atoms with Gasteiger partial charge in [0.25, 0.3) is 5.91 Å². The fraction of sp³-hybridized carbons (Fsp3) is 0.389. The van der Waals surface area contributed by atoms with Gasteiger partial charge in [-0.25, -0.2) is 0 Å². The fourth-order valence-corrected chi connectivity index (χ4v) is 3.10. The third-order valence-electron chi connectivity index (χ3n) is 4.19. The molecule has 1 aliphatic rings. The van der Waals surface area contributed by atoms with Gasteiger partial charge in [0.1, 0.15) is 11.5 Å². The Morgan fingerprint density at radius 2 is 1.86 bits per heavy atom. The summed E-state index contributed by atoms with van der Waals surface area (Å²) >= 11 is 0. The number of rotatable bonds is 3. The summed E-state index contributed by atoms with van der Waals surface area (Å²) in [5.74, 6) is 1.28. The van der Waals surface area contributed by atoms with E-state index in [9.17, 15) is 4.79 Å². The summed E-state index contributed by atoms with van der Waals surface area (Å²) in [5, 5.41) is 2.95. The van der Waals surface area contributed by atoms with Crippen molar-refractivity contribution in [2.75, 3.05) is 23.3 Å². The van der Waals surface area contributed by atoms with Crippen molar-refractivity contribution in [3.8, 4) is 0 Å². The molecule has 0 aliphatic carbocycles. The van der Waals surface area contributed by atoms with Crippen molar-refractivity contribution in [2.45, 2.75) is 33.6 Å². The van der Waals surface area contributed by atoms with Gasteiger partial charge in [-0.3, -0.25) is 4.79 Å². The lowest BCUT2D eigenvalue weighted by molar-refractivity contribution is 0.102. The van der Waals surface area contributed by atoms with E-state index in [0.29, 0.717) is 11.3 Å². The monoisotopic (exact) mass is 298 g/mol. The molecule has 1 fully saturated rings. The molecule has 0 unspecified atom stereocenters. The first-order valence-electron chi connectivity index (χ1n) is 7.78. The van der Waals surface area contributed by atoms with Crippen LogP contribution in [0.1, 0.15) is 40.3 Å². The minimum atomic E-state index is -0.123. The third-order valence-corrected chi connectivity index (χ3v) is 4.19. The lowest BCUT2D eigenvalue weighted by Gasteiger charge is -2.20. The number of carbonyl (C=O) groups is 1. The number of hydrogen-bond acceptors (Lipinski definition) is 3. The Morgan fingerprint density at radius 1 is 1.14 bits per heavy atom. The highest BCUT2D eigenvalue weighted by molar-refractivity contribution is 6.05. The Labute approximate surface area is 131 Å². The van der Waals surface area contributed by atoms with Crippen molar-refractivity contribution in [1.29, 1.82) is 0 Å². The predicted molar refractivity (Wildman–Crippen MR) is 88.8 cm³/mol. The Morgan fingerprint density at radius 3 is 2.45 bits per heavy atom. The molecular formula is C18H22N2O2. The molecule has 1 aromatic heterocycles. The first kappa shape index (κ1) is 14.7. The number of nitrogens with one attached hydrogen (secondary N) is 1. The number of aryl methyl sites for hydroxylation is 3. The average molecular weight is 298 g/mol. The topological polar surface area (TPSA) is 45.5 Å². The van der Waals surface area contributed by atoms with E-state index in [2.05, 4.69) is 23.2 Å². The van der Waals surface area contributed by atoms with Crippen molar-refractivity contribution in [1.82, 2.24) is 0 Å². The molecule has 0 atom stereocenters. The lowest BCUT2D eigenvalue weighted by atomic mass is 10.1. The molecule has 1 aliphatic heterocycles. The second-order valence-electron chi connectivity index (χ2n) is 5.98. The van der Waals surface area contributed by atoms with Crippen molar-refractivity contribution in [3.05, 3.63) is 46.9 Å². The normalized spacial score (nSPS) is 14.4. The Kier molecular flexibility index (Phi) is 3.92. The molecule has 0 radical (unpaired) electrons. The number of nitrogens with zero attached hydrogens (tertiary/aromatic N) is 1. The van der Waals surface area contributed by atoms with E-state index in [1.165, 1.54) is 24.1 Å². The number of carbonyl (C=O) groups excluding carboxylic acids is 1. The number of furan rings is 1. The summed E-state index contributed by atoms with van der Waals surface area (Å²) in [6.45, 7) is 8.00. The molecule has 1 saturated heterocycles. The van der Waals surface area contributed by atoms with E-state index in [-0.39, 0.29) is 5.91 Å². The van der Waals surface area contributed by atoms with Crippen molar-refractivity contribution >= 4 is 17.3 Å². The summed E-state index contributed by atoms with van der Waals surface area (Å²) in [7, 11) is 0. The highest BCUT2D eigenvalue weighted by atomic mass is 16.3. The molecule has 2 aromatic rings. The van der Waals surface area contributed by atoms with Gasteiger partial charge in [-0.05, 0) is 63.4 Å². The molecule has 1 amide bonds. The molecule has 2 heterocycles. The molecular weight excluding hydrogens is 276 g/mol. The van der Waals surface area contributed by atoms with E-state index in [1.54, 1.807) is 6.07 Å². The van der Waals surface area contributed by atoms with Crippen molar-refractivity contribution in [3.63, 3.8) is 0 Å². The molecule has 4 heteroatoms. The molecule has 1 aromatic carbocycles. The number of hydrogen-bond donors (Lipinski definition) is 1. The van der Waals surface area contributed by atoms with Crippen LogP contribution in [0.15, 0.2) is 28.7 Å². The van der Waals surface area contributed by atoms with E-state index >= 15 is 0 Å². The standard InChI is InChI=1S/C18H22N2O2/c1-12-10-15(6-7-17(12)20-8-4-5-9-20)19-18(21)16-11-13(2)22-14(16)3/h6-7,10-11H,4-5,8-9H2,1-3H3,(H,19,21). The second-order valence-corrected chi connectivity index (χ2v) is 5.98. The van der Waals surface area contributed by atoms with Crippen LogP contribution < -0.4 is 10.2 Å². The van der Waals surface area contributed by atoms with Crippen LogP contribution in [0.2, 0.25) is 0 Å². The molecule has 0 saturated carbocycles. The van der Waals surface area contributed by atoms with Crippen LogP contribution in [0.25, 0.3) is 0 Å². The van der Waals surface area contributed by atoms with Crippen molar-refractivity contribution in [2.24, 2.45) is 0 Å². The molecule has 1 N–H and O–H groups in total. The highest BCUT2D eigenvalue weighted by Gasteiger charge is 2.16. The summed E-state index contributed by atoms with van der Waals surface area (Å²) in [5.41, 5.74) is 3.88. The maximum absolute atomic E-state index is 12.3. The highest BCUT2D eigenvalue weighted by Crippen LogP contribution is 2.27. The SMILES string of the molecule is Cc1cc(C(=O)Nc2ccc(N3CCCC3)c(C)c2)c(C)o1. The van der Waals surface area contributed by atoms with E-state index in [4.69, 9.17) is 4.42 Å². The predicted octanol–water partition coefficient (Wildman–Crippen LogP) is 4.06. The van der Waals surface area contributed by atoms with Gasteiger partial charge in [0.2, 0.25) is 0 Å². The van der Waals surface area contributed by atoms with Gasteiger partial charge in [-0.15, -0.1) is 0 Å². The average Bonchev–Trinajstić information content (AvgIpc) is 3.08. The summed E-state index contributed by atoms with van der Waals surface area (Å²) in [6.07, 6.45) is 2.52. The van der Waals surface area contributed by atoms with E-state index < -0.39 is 0 Å². The van der Waals surface area contributed by atoms with Crippen LogP contribution >= 0.6 is 0 Å². The number of benzene rings is 1. The van der Waals surface area contributed by atoms with Crippen LogP contribution in [0, 0.1) is 20.8 Å². The van der Waals surface area contributed by atoms with Crippen LogP contribution in [0.5, 0.6) is 0 Å². The van der Waals surface area contributed by atoms with Gasteiger partial charge >= 0.3 is 0 Å². The minimum Gasteiger partial charge on any atom is -0.466 e. The largest absolute Gasteiger partial charge is 0.466 e. The van der Waals surface area contributed by atoms with Gasteiger partial charge in [0, 0.05) is 24.5 Å². The van der Waals surface area contributed by atoms with Gasteiger partial charge < -0.3 is 14.6 Å². The fourth-order valence-electron chi connectivity index (χ4n) is 3.10. The minimum absolute atomic E-state index is 0.123. The smallest absolute Gasteiger partial charge is 0.259 e. The Balaban J connectivity index is 1.76. The lowest BCUT2D eigenvalue weighted by Crippen LogP contribution is -2.19. The van der Waals surface area contributed by atoms with Crippen LogP contribution in [0.4, 0.5) is 11.4 Å². The molecule has 22 heavy (non-hydrogen) atoms. The number of anilines is 2. The van der Waals surface area contributed by atoms with Crippen LogP contribution in [-0.2, 0) is 0 Å². The first-order chi connectivity index (χ1) is 10.5. The zero-order valence-corrected chi connectivity index (χ0v) is 13.4. The quantitative estimate of drug-likeness (QED) is 0.929.